The summed E-state index contributed by atoms with van der Waals surface area (Å²) in [5.41, 5.74) is 7.25. The normalized spacial score (nSPS) is 12.5. The molecule has 0 radical (unpaired) electrons. The zero-order valence-electron chi connectivity index (χ0n) is 12.0. The van der Waals surface area contributed by atoms with Gasteiger partial charge >= 0.3 is 0 Å². The molecule has 1 atom stereocenters. The molecule has 0 bridgehead atoms. The molecule has 3 aromatic rings. The van der Waals surface area contributed by atoms with Crippen molar-refractivity contribution in [2.45, 2.75) is 19.4 Å². The SMILES string of the molecule is Cc1cc(C(Cc2cccnc2)NN)c2ccccc2n1. The van der Waals surface area contributed by atoms with Gasteiger partial charge in [0.05, 0.1) is 11.6 Å². The zero-order chi connectivity index (χ0) is 14.7. The number of hydrogen-bond acceptors (Lipinski definition) is 4. The number of benzene rings is 1. The third kappa shape index (κ3) is 2.91. The Balaban J connectivity index is 2.04. The molecule has 4 heteroatoms. The number of para-hydroxylation sites is 1. The minimum atomic E-state index is 0.0285. The van der Waals surface area contributed by atoms with Crippen LogP contribution in [0.3, 0.4) is 0 Å². The van der Waals surface area contributed by atoms with E-state index in [1.807, 2.05) is 37.4 Å². The summed E-state index contributed by atoms with van der Waals surface area (Å²) in [7, 11) is 0. The number of aromatic nitrogens is 2. The minimum Gasteiger partial charge on any atom is -0.271 e. The van der Waals surface area contributed by atoms with E-state index in [9.17, 15) is 0 Å². The number of fused-ring (bicyclic) bond motifs is 1. The summed E-state index contributed by atoms with van der Waals surface area (Å²) in [5, 5.41) is 1.13. The zero-order valence-corrected chi connectivity index (χ0v) is 12.0. The van der Waals surface area contributed by atoms with Crippen molar-refractivity contribution in [3.63, 3.8) is 0 Å². The highest BCUT2D eigenvalue weighted by Crippen LogP contribution is 2.26. The van der Waals surface area contributed by atoms with Gasteiger partial charge in [-0.15, -0.1) is 0 Å². The molecule has 106 valence electrons. The Labute approximate surface area is 124 Å². The summed E-state index contributed by atoms with van der Waals surface area (Å²) in [6.45, 7) is 2.01. The summed E-state index contributed by atoms with van der Waals surface area (Å²) in [6, 6.07) is 14.3. The second-order valence-electron chi connectivity index (χ2n) is 5.15. The molecule has 0 spiro atoms. The van der Waals surface area contributed by atoms with E-state index >= 15 is 0 Å². The standard InChI is InChI=1S/C17H18N4/c1-12-9-15(14-6-2-3-7-16(14)20-12)17(21-18)10-13-5-4-8-19-11-13/h2-9,11,17,21H,10,18H2,1H3. The summed E-state index contributed by atoms with van der Waals surface area (Å²) < 4.78 is 0. The molecule has 3 rings (SSSR count). The summed E-state index contributed by atoms with van der Waals surface area (Å²) >= 11 is 0. The van der Waals surface area contributed by atoms with Crippen molar-refractivity contribution >= 4 is 10.9 Å². The highest BCUT2D eigenvalue weighted by molar-refractivity contribution is 5.82. The van der Waals surface area contributed by atoms with Crippen molar-refractivity contribution in [3.05, 3.63) is 71.7 Å². The summed E-state index contributed by atoms with van der Waals surface area (Å²) in [5.74, 6) is 5.80. The predicted molar refractivity (Wildman–Crippen MR) is 84.5 cm³/mol. The van der Waals surface area contributed by atoms with Crippen LogP contribution in [-0.2, 0) is 6.42 Å². The van der Waals surface area contributed by atoms with E-state index in [0.29, 0.717) is 0 Å². The summed E-state index contributed by atoms with van der Waals surface area (Å²) in [6.07, 6.45) is 4.44. The molecule has 2 aromatic heterocycles. The maximum Gasteiger partial charge on any atom is 0.0708 e. The van der Waals surface area contributed by atoms with Gasteiger partial charge in [-0.2, -0.15) is 0 Å². The maximum absolute atomic E-state index is 5.80. The van der Waals surface area contributed by atoms with E-state index in [0.717, 1.165) is 28.6 Å². The van der Waals surface area contributed by atoms with Crippen molar-refractivity contribution in [3.8, 4) is 0 Å². The summed E-state index contributed by atoms with van der Waals surface area (Å²) in [4.78, 5) is 8.74. The first kappa shape index (κ1) is 13.7. The Kier molecular flexibility index (Phi) is 3.90. The Bertz CT molecular complexity index is 740. The van der Waals surface area contributed by atoms with Gasteiger partial charge in [0.1, 0.15) is 0 Å². The van der Waals surface area contributed by atoms with Crippen LogP contribution in [0.5, 0.6) is 0 Å². The molecular weight excluding hydrogens is 260 g/mol. The number of hydrogen-bond donors (Lipinski definition) is 2. The van der Waals surface area contributed by atoms with E-state index in [1.165, 1.54) is 5.56 Å². The van der Waals surface area contributed by atoms with Gasteiger partial charge in [-0.05, 0) is 42.7 Å². The highest BCUT2D eigenvalue weighted by Gasteiger charge is 2.15. The van der Waals surface area contributed by atoms with Crippen molar-refractivity contribution in [2.24, 2.45) is 5.84 Å². The van der Waals surface area contributed by atoms with Crippen molar-refractivity contribution < 1.29 is 0 Å². The largest absolute Gasteiger partial charge is 0.271 e. The first-order valence-corrected chi connectivity index (χ1v) is 6.99. The average molecular weight is 278 g/mol. The van der Waals surface area contributed by atoms with Crippen molar-refractivity contribution in [1.29, 1.82) is 0 Å². The molecule has 1 unspecified atom stereocenters. The number of nitrogens with zero attached hydrogens (tertiary/aromatic N) is 2. The van der Waals surface area contributed by atoms with Crippen LogP contribution >= 0.6 is 0 Å². The van der Waals surface area contributed by atoms with Crippen molar-refractivity contribution in [2.75, 3.05) is 0 Å². The van der Waals surface area contributed by atoms with Gasteiger partial charge in [-0.25, -0.2) is 0 Å². The van der Waals surface area contributed by atoms with E-state index < -0.39 is 0 Å². The number of aryl methyl sites for hydroxylation is 1. The van der Waals surface area contributed by atoms with Gasteiger partial charge in [0.2, 0.25) is 0 Å². The third-order valence-corrected chi connectivity index (χ3v) is 3.62. The maximum atomic E-state index is 5.80. The van der Waals surface area contributed by atoms with Gasteiger partial charge in [0.15, 0.2) is 0 Å². The lowest BCUT2D eigenvalue weighted by atomic mass is 9.96. The highest BCUT2D eigenvalue weighted by atomic mass is 15.2. The van der Waals surface area contributed by atoms with Crippen molar-refractivity contribution in [1.82, 2.24) is 15.4 Å². The van der Waals surface area contributed by atoms with Gasteiger partial charge in [-0.3, -0.25) is 21.2 Å². The molecule has 1 aromatic carbocycles. The third-order valence-electron chi connectivity index (χ3n) is 3.62. The van der Waals surface area contributed by atoms with Gasteiger partial charge in [0, 0.05) is 23.5 Å². The number of rotatable bonds is 4. The second kappa shape index (κ2) is 5.99. The first-order valence-electron chi connectivity index (χ1n) is 6.99. The second-order valence-corrected chi connectivity index (χ2v) is 5.15. The van der Waals surface area contributed by atoms with Crippen LogP contribution in [0, 0.1) is 6.92 Å². The number of hydrazine groups is 1. The fraction of sp³-hybridized carbons (Fsp3) is 0.176. The number of pyridine rings is 2. The monoisotopic (exact) mass is 278 g/mol. The molecule has 4 nitrogen and oxygen atoms in total. The lowest BCUT2D eigenvalue weighted by Crippen LogP contribution is -2.30. The van der Waals surface area contributed by atoms with Crippen LogP contribution in [0.25, 0.3) is 10.9 Å². The van der Waals surface area contributed by atoms with Crippen LogP contribution in [-0.4, -0.2) is 9.97 Å². The van der Waals surface area contributed by atoms with Crippen LogP contribution in [0.15, 0.2) is 54.9 Å². The fourth-order valence-corrected chi connectivity index (χ4v) is 2.64. The number of nitrogens with two attached hydrogens (primary N) is 1. The van der Waals surface area contributed by atoms with Gasteiger partial charge in [0.25, 0.3) is 0 Å². The van der Waals surface area contributed by atoms with Gasteiger partial charge < -0.3 is 0 Å². The van der Waals surface area contributed by atoms with Crippen LogP contribution < -0.4 is 11.3 Å². The Hall–Kier alpha value is -2.30. The Morgan fingerprint density at radius 2 is 2.05 bits per heavy atom. The van der Waals surface area contributed by atoms with E-state index in [4.69, 9.17) is 5.84 Å². The quantitative estimate of drug-likeness (QED) is 0.569. The Morgan fingerprint density at radius 1 is 1.19 bits per heavy atom. The van der Waals surface area contributed by atoms with E-state index in [-0.39, 0.29) is 6.04 Å². The van der Waals surface area contributed by atoms with E-state index in [1.54, 1.807) is 6.20 Å². The smallest absolute Gasteiger partial charge is 0.0708 e. The van der Waals surface area contributed by atoms with E-state index in [2.05, 4.69) is 33.6 Å². The van der Waals surface area contributed by atoms with Crippen LogP contribution in [0.4, 0.5) is 0 Å². The molecule has 21 heavy (non-hydrogen) atoms. The average Bonchev–Trinajstić information content (AvgIpc) is 2.53. The lowest BCUT2D eigenvalue weighted by Gasteiger charge is -2.19. The molecule has 0 aliphatic heterocycles. The predicted octanol–water partition coefficient (Wildman–Crippen LogP) is 2.69. The number of nitrogens with one attached hydrogen (secondary N) is 1. The molecular formula is C17H18N4. The van der Waals surface area contributed by atoms with Gasteiger partial charge in [-0.1, -0.05) is 24.3 Å². The van der Waals surface area contributed by atoms with Crippen LogP contribution in [0.1, 0.15) is 22.9 Å². The molecule has 0 amide bonds. The minimum absolute atomic E-state index is 0.0285. The first-order chi connectivity index (χ1) is 10.3. The molecule has 2 heterocycles. The molecule has 0 aliphatic rings. The van der Waals surface area contributed by atoms with Crippen LogP contribution in [0.2, 0.25) is 0 Å². The fourth-order valence-electron chi connectivity index (χ4n) is 2.64. The molecule has 0 saturated carbocycles. The Morgan fingerprint density at radius 3 is 2.81 bits per heavy atom. The molecule has 0 aliphatic carbocycles. The molecule has 0 saturated heterocycles. The molecule has 3 N–H and O–H groups in total. The molecule has 0 fully saturated rings. The topological polar surface area (TPSA) is 63.8 Å². The lowest BCUT2D eigenvalue weighted by molar-refractivity contribution is 0.554.